The molecule has 0 aliphatic heterocycles. The van der Waals surface area contributed by atoms with Crippen LogP contribution in [0.2, 0.25) is 0 Å². The van der Waals surface area contributed by atoms with Crippen molar-refractivity contribution in [1.29, 1.82) is 0 Å². The van der Waals surface area contributed by atoms with Crippen molar-refractivity contribution in [3.05, 3.63) is 29.8 Å². The van der Waals surface area contributed by atoms with E-state index in [1.165, 1.54) is 69.8 Å². The lowest BCUT2D eigenvalue weighted by Crippen LogP contribution is -2.15. The maximum atomic E-state index is 11.6. The van der Waals surface area contributed by atoms with Gasteiger partial charge in [0.15, 0.2) is 0 Å². The minimum absolute atomic E-state index is 0.146. The van der Waals surface area contributed by atoms with Crippen LogP contribution < -0.4 is 4.74 Å². The molecule has 0 spiro atoms. The van der Waals surface area contributed by atoms with Gasteiger partial charge in [0.1, 0.15) is 19.0 Å². The SMILES string of the molecule is CCCCCCCCCc1ccc(OCCOCCOCCOCCOCCOCCOCCOCCOCCOCCOC(=O)CCCCCCC)cc1. The van der Waals surface area contributed by atoms with Crippen LogP contribution in [0.1, 0.15) is 103 Å². The highest BCUT2D eigenvalue weighted by atomic mass is 16.6. The van der Waals surface area contributed by atoms with Crippen molar-refractivity contribution in [2.45, 2.75) is 104 Å². The van der Waals surface area contributed by atoms with E-state index in [4.69, 9.17) is 52.1 Å². The second-order valence-electron chi connectivity index (χ2n) is 13.3. The van der Waals surface area contributed by atoms with Gasteiger partial charge in [-0.3, -0.25) is 4.79 Å². The molecule has 12 heteroatoms. The van der Waals surface area contributed by atoms with Crippen LogP contribution in [0, 0.1) is 0 Å². The normalized spacial score (nSPS) is 11.4. The second kappa shape index (κ2) is 43.3. The van der Waals surface area contributed by atoms with Crippen molar-refractivity contribution in [1.82, 2.24) is 0 Å². The molecule has 0 bridgehead atoms. The van der Waals surface area contributed by atoms with Crippen LogP contribution in [-0.4, -0.2) is 138 Å². The Hall–Kier alpha value is -1.87. The van der Waals surface area contributed by atoms with Gasteiger partial charge in [-0.25, -0.2) is 0 Å². The first-order valence-electron chi connectivity index (χ1n) is 21.3. The molecule has 12 nitrogen and oxygen atoms in total. The zero-order chi connectivity index (χ0) is 39.4. The Bertz CT molecular complexity index is 904. The van der Waals surface area contributed by atoms with Crippen molar-refractivity contribution >= 4 is 5.97 Å². The predicted molar refractivity (Wildman–Crippen MR) is 215 cm³/mol. The second-order valence-corrected chi connectivity index (χ2v) is 13.3. The van der Waals surface area contributed by atoms with E-state index in [-0.39, 0.29) is 12.6 Å². The molecule has 0 aliphatic carbocycles. The Morgan fingerprint density at radius 2 is 0.709 bits per heavy atom. The van der Waals surface area contributed by atoms with Gasteiger partial charge >= 0.3 is 5.97 Å². The minimum Gasteiger partial charge on any atom is -0.491 e. The van der Waals surface area contributed by atoms with Crippen molar-refractivity contribution in [3.63, 3.8) is 0 Å². The lowest BCUT2D eigenvalue weighted by molar-refractivity contribution is -0.145. The molecule has 55 heavy (non-hydrogen) atoms. The Morgan fingerprint density at radius 1 is 0.382 bits per heavy atom. The number of hydrogen-bond donors (Lipinski definition) is 0. The molecular formula is C43H78O12. The lowest BCUT2D eigenvalue weighted by atomic mass is 10.0. The Morgan fingerprint density at radius 3 is 1.11 bits per heavy atom. The Kier molecular flexibility index (Phi) is 40.2. The highest BCUT2D eigenvalue weighted by Gasteiger charge is 2.03. The summed E-state index contributed by atoms with van der Waals surface area (Å²) in [7, 11) is 0. The molecule has 0 saturated heterocycles. The first-order valence-corrected chi connectivity index (χ1v) is 21.3. The van der Waals surface area contributed by atoms with E-state index in [0.717, 1.165) is 25.0 Å². The van der Waals surface area contributed by atoms with E-state index >= 15 is 0 Å². The highest BCUT2D eigenvalue weighted by Crippen LogP contribution is 2.15. The van der Waals surface area contributed by atoms with Gasteiger partial charge in [0.25, 0.3) is 0 Å². The summed E-state index contributed by atoms with van der Waals surface area (Å²) in [6, 6.07) is 8.45. The largest absolute Gasteiger partial charge is 0.491 e. The van der Waals surface area contributed by atoms with Gasteiger partial charge in [-0.15, -0.1) is 0 Å². The van der Waals surface area contributed by atoms with E-state index in [0.29, 0.717) is 132 Å². The standard InChI is InChI=1S/C43H78O12/c1-3-5-7-9-10-12-13-15-41-17-19-42(20-18-41)54-39-37-52-35-33-50-31-29-48-27-25-46-23-21-45-22-24-47-26-28-49-30-32-51-34-36-53-38-40-55-43(44)16-14-11-8-6-4-2/h17-20H,3-16,21-40H2,1-2H3. The maximum Gasteiger partial charge on any atom is 0.305 e. The highest BCUT2D eigenvalue weighted by molar-refractivity contribution is 5.69. The number of ether oxygens (including phenoxy) is 11. The predicted octanol–water partition coefficient (Wildman–Crippen LogP) is 7.41. The van der Waals surface area contributed by atoms with E-state index in [2.05, 4.69) is 38.1 Å². The molecule has 1 aromatic carbocycles. The molecule has 0 heterocycles. The quantitative estimate of drug-likeness (QED) is 0.0484. The molecule has 0 fully saturated rings. The van der Waals surface area contributed by atoms with Crippen LogP contribution in [-0.2, 0) is 58.6 Å². The molecule has 322 valence electrons. The number of carbonyl (C=O) groups is 1. The average Bonchev–Trinajstić information content (AvgIpc) is 3.20. The van der Waals surface area contributed by atoms with E-state index in [1.54, 1.807) is 0 Å². The van der Waals surface area contributed by atoms with Gasteiger partial charge in [0.2, 0.25) is 0 Å². The van der Waals surface area contributed by atoms with E-state index in [1.807, 2.05) is 0 Å². The van der Waals surface area contributed by atoms with Crippen LogP contribution in [0.5, 0.6) is 5.75 Å². The Balaban J connectivity index is 1.69. The van der Waals surface area contributed by atoms with Crippen molar-refractivity contribution < 1.29 is 56.9 Å². The topological polar surface area (TPSA) is 119 Å². The summed E-state index contributed by atoms with van der Waals surface area (Å²) >= 11 is 0. The number of aryl methyl sites for hydroxylation is 1. The van der Waals surface area contributed by atoms with E-state index in [9.17, 15) is 4.79 Å². The van der Waals surface area contributed by atoms with Gasteiger partial charge in [-0.05, 0) is 37.0 Å². The van der Waals surface area contributed by atoms with Gasteiger partial charge in [-0.1, -0.05) is 90.2 Å². The summed E-state index contributed by atoms with van der Waals surface area (Å²) in [5, 5.41) is 0. The van der Waals surface area contributed by atoms with E-state index < -0.39 is 0 Å². The van der Waals surface area contributed by atoms with Crippen LogP contribution in [0.3, 0.4) is 0 Å². The minimum atomic E-state index is -0.146. The molecule has 0 saturated carbocycles. The summed E-state index contributed by atoms with van der Waals surface area (Å²) < 4.78 is 60.5. The lowest BCUT2D eigenvalue weighted by Gasteiger charge is -2.09. The summed E-state index contributed by atoms with van der Waals surface area (Å²) in [6.45, 7) is 14.2. The summed E-state index contributed by atoms with van der Waals surface area (Å²) in [6.07, 6.45) is 16.6. The first kappa shape index (κ1) is 51.1. The third-order valence-corrected chi connectivity index (χ3v) is 8.44. The fourth-order valence-corrected chi connectivity index (χ4v) is 5.28. The zero-order valence-electron chi connectivity index (χ0n) is 34.8. The molecule has 0 unspecified atom stereocenters. The number of rotatable bonds is 45. The number of esters is 1. The fourth-order valence-electron chi connectivity index (χ4n) is 5.28. The molecule has 0 atom stereocenters. The average molecular weight is 787 g/mol. The smallest absolute Gasteiger partial charge is 0.305 e. The molecule has 0 N–H and O–H groups in total. The number of unbranched alkanes of at least 4 members (excludes halogenated alkanes) is 10. The van der Waals surface area contributed by atoms with Gasteiger partial charge in [-0.2, -0.15) is 0 Å². The van der Waals surface area contributed by atoms with Crippen LogP contribution in [0.4, 0.5) is 0 Å². The molecular weight excluding hydrogens is 708 g/mol. The number of hydrogen-bond acceptors (Lipinski definition) is 12. The fraction of sp³-hybridized carbons (Fsp3) is 0.837. The molecule has 1 rings (SSSR count). The summed E-state index contributed by atoms with van der Waals surface area (Å²) in [5.41, 5.74) is 1.38. The Labute approximate surface area is 333 Å². The van der Waals surface area contributed by atoms with Crippen LogP contribution in [0.25, 0.3) is 0 Å². The van der Waals surface area contributed by atoms with Crippen LogP contribution >= 0.6 is 0 Å². The van der Waals surface area contributed by atoms with Crippen molar-refractivity contribution in [3.8, 4) is 5.75 Å². The third-order valence-electron chi connectivity index (χ3n) is 8.44. The first-order chi connectivity index (χ1) is 27.3. The summed E-state index contributed by atoms with van der Waals surface area (Å²) in [5.74, 6) is 0.739. The van der Waals surface area contributed by atoms with Crippen molar-refractivity contribution in [2.75, 3.05) is 132 Å². The maximum absolute atomic E-state index is 11.6. The monoisotopic (exact) mass is 787 g/mol. The molecule has 0 aromatic heterocycles. The third kappa shape index (κ3) is 38.8. The molecule has 0 radical (unpaired) electrons. The van der Waals surface area contributed by atoms with Gasteiger partial charge < -0.3 is 52.1 Å². The van der Waals surface area contributed by atoms with Gasteiger partial charge in [0.05, 0.1) is 119 Å². The zero-order valence-corrected chi connectivity index (χ0v) is 34.8. The molecule has 0 aliphatic rings. The van der Waals surface area contributed by atoms with Crippen molar-refractivity contribution in [2.24, 2.45) is 0 Å². The number of benzene rings is 1. The van der Waals surface area contributed by atoms with Crippen LogP contribution in [0.15, 0.2) is 24.3 Å². The van der Waals surface area contributed by atoms with Gasteiger partial charge in [0, 0.05) is 6.42 Å². The number of carbonyl (C=O) groups excluding carboxylic acids is 1. The molecule has 0 amide bonds. The summed E-state index contributed by atoms with van der Waals surface area (Å²) in [4.78, 5) is 11.6. The molecule has 1 aromatic rings.